The Morgan fingerprint density at radius 1 is 1.33 bits per heavy atom. The molecule has 0 unspecified atom stereocenters. The fourth-order valence-electron chi connectivity index (χ4n) is 2.44. The van der Waals surface area contributed by atoms with Crippen LogP contribution in [0.1, 0.15) is 6.42 Å². The first-order chi connectivity index (χ1) is 13.0. The van der Waals surface area contributed by atoms with Crippen LogP contribution >= 0.6 is 11.3 Å². The van der Waals surface area contributed by atoms with Crippen molar-refractivity contribution in [1.29, 1.82) is 0 Å². The van der Waals surface area contributed by atoms with E-state index in [4.69, 9.17) is 4.74 Å². The normalized spacial score (nSPS) is 11.0. The van der Waals surface area contributed by atoms with Crippen molar-refractivity contribution in [1.82, 2.24) is 9.55 Å². The molecule has 1 N–H and O–H groups in total. The summed E-state index contributed by atoms with van der Waals surface area (Å²) in [5.74, 6) is -0.455. The van der Waals surface area contributed by atoms with Crippen molar-refractivity contribution in [3.05, 3.63) is 46.3 Å². The predicted octanol–water partition coefficient (Wildman–Crippen LogP) is 3.10. The van der Waals surface area contributed by atoms with Gasteiger partial charge in [0, 0.05) is 24.7 Å². The van der Waals surface area contributed by atoms with Gasteiger partial charge < -0.3 is 14.8 Å². The van der Waals surface area contributed by atoms with Crippen LogP contribution in [0, 0.1) is 0 Å². The quantitative estimate of drug-likeness (QED) is 0.665. The van der Waals surface area contributed by atoms with Gasteiger partial charge in [0.05, 0.1) is 18.8 Å². The van der Waals surface area contributed by atoms with Gasteiger partial charge in [-0.25, -0.2) is 4.98 Å². The van der Waals surface area contributed by atoms with Gasteiger partial charge in [-0.3, -0.25) is 14.2 Å². The van der Waals surface area contributed by atoms with E-state index in [1.54, 1.807) is 11.4 Å². The molecule has 3 rings (SSSR count). The van der Waals surface area contributed by atoms with E-state index >= 15 is 0 Å². The summed E-state index contributed by atoms with van der Waals surface area (Å²) in [6.45, 7) is -2.88. The van der Waals surface area contributed by atoms with Gasteiger partial charge in [0.1, 0.15) is 4.83 Å². The third-order valence-electron chi connectivity index (χ3n) is 3.69. The molecule has 0 atom stereocenters. The van der Waals surface area contributed by atoms with E-state index in [-0.39, 0.29) is 41.6 Å². The maximum Gasteiger partial charge on any atom is 0.387 e. The van der Waals surface area contributed by atoms with E-state index in [1.807, 2.05) is 0 Å². The van der Waals surface area contributed by atoms with E-state index in [9.17, 15) is 18.4 Å². The molecule has 0 saturated heterocycles. The third kappa shape index (κ3) is 4.40. The first-order valence-corrected chi connectivity index (χ1v) is 8.71. The van der Waals surface area contributed by atoms with Crippen molar-refractivity contribution in [3.63, 3.8) is 0 Å². The smallest absolute Gasteiger partial charge is 0.387 e. The third-order valence-corrected chi connectivity index (χ3v) is 4.51. The number of thiophene rings is 1. The molecule has 2 aromatic heterocycles. The van der Waals surface area contributed by atoms with Crippen LogP contribution in [0.2, 0.25) is 0 Å². The first-order valence-electron chi connectivity index (χ1n) is 7.83. The van der Waals surface area contributed by atoms with E-state index in [0.29, 0.717) is 10.2 Å². The second-order valence-electron chi connectivity index (χ2n) is 5.42. The Morgan fingerprint density at radius 3 is 2.89 bits per heavy atom. The zero-order valence-electron chi connectivity index (χ0n) is 14.1. The van der Waals surface area contributed by atoms with Gasteiger partial charge in [-0.05, 0) is 23.6 Å². The van der Waals surface area contributed by atoms with Crippen LogP contribution in [-0.4, -0.2) is 29.2 Å². The van der Waals surface area contributed by atoms with Gasteiger partial charge in [0.25, 0.3) is 5.56 Å². The van der Waals surface area contributed by atoms with Crippen molar-refractivity contribution in [3.8, 4) is 11.5 Å². The molecule has 0 aliphatic rings. The van der Waals surface area contributed by atoms with Crippen LogP contribution in [0.4, 0.5) is 14.5 Å². The van der Waals surface area contributed by atoms with Crippen molar-refractivity contribution in [2.75, 3.05) is 12.4 Å². The Balaban J connectivity index is 1.66. The summed E-state index contributed by atoms with van der Waals surface area (Å²) in [6.07, 6.45) is 1.41. The molecule has 1 aromatic carbocycles. The minimum atomic E-state index is -3.02. The maximum absolute atomic E-state index is 12.5. The van der Waals surface area contributed by atoms with Gasteiger partial charge in [-0.2, -0.15) is 8.78 Å². The number of carbonyl (C=O) groups excluding carboxylic acids is 1. The zero-order chi connectivity index (χ0) is 19.4. The highest BCUT2D eigenvalue weighted by Crippen LogP contribution is 2.31. The lowest BCUT2D eigenvalue weighted by Gasteiger charge is -2.12. The number of hydrogen-bond donors (Lipinski definition) is 1. The summed E-state index contributed by atoms with van der Waals surface area (Å²) in [4.78, 5) is 29.2. The fourth-order valence-corrected chi connectivity index (χ4v) is 3.16. The molecule has 3 aromatic rings. The molecule has 7 nitrogen and oxygen atoms in total. The van der Waals surface area contributed by atoms with Crippen LogP contribution in [-0.2, 0) is 11.3 Å². The molecule has 27 heavy (non-hydrogen) atoms. The summed E-state index contributed by atoms with van der Waals surface area (Å²) in [7, 11) is 1.32. The molecule has 10 heteroatoms. The Kier molecular flexibility index (Phi) is 5.65. The molecule has 0 radical (unpaired) electrons. The summed E-state index contributed by atoms with van der Waals surface area (Å²) in [5, 5.41) is 4.86. The molecule has 0 fully saturated rings. The topological polar surface area (TPSA) is 82.5 Å². The van der Waals surface area contributed by atoms with Gasteiger partial charge in [0.15, 0.2) is 11.5 Å². The molecule has 0 saturated carbocycles. The van der Waals surface area contributed by atoms with Crippen molar-refractivity contribution in [2.24, 2.45) is 0 Å². The molecule has 2 heterocycles. The number of rotatable bonds is 7. The number of aryl methyl sites for hydroxylation is 1. The highest BCUT2D eigenvalue weighted by Gasteiger charge is 2.13. The number of anilines is 1. The molecular formula is C17H15F2N3O4S. The Hall–Kier alpha value is -3.01. The average molecular weight is 395 g/mol. The Bertz CT molecular complexity index is 1020. The molecule has 142 valence electrons. The summed E-state index contributed by atoms with van der Waals surface area (Å²) in [6, 6.07) is 5.84. The monoisotopic (exact) mass is 395 g/mol. The molecule has 0 aliphatic heterocycles. The number of methoxy groups -OCH3 is 1. The van der Waals surface area contributed by atoms with Crippen molar-refractivity contribution >= 4 is 33.1 Å². The van der Waals surface area contributed by atoms with Crippen LogP contribution in [0.3, 0.4) is 0 Å². The maximum atomic E-state index is 12.5. The molecule has 0 aliphatic carbocycles. The number of amides is 1. The lowest BCUT2D eigenvalue weighted by molar-refractivity contribution is -0.116. The zero-order valence-corrected chi connectivity index (χ0v) is 15.0. The number of hydrogen-bond acceptors (Lipinski definition) is 6. The number of halogens is 2. The highest BCUT2D eigenvalue weighted by atomic mass is 32.1. The van der Waals surface area contributed by atoms with Gasteiger partial charge in [0.2, 0.25) is 5.91 Å². The van der Waals surface area contributed by atoms with E-state index in [2.05, 4.69) is 15.0 Å². The number of benzene rings is 1. The summed E-state index contributed by atoms with van der Waals surface area (Å²) < 4.78 is 35.6. The SMILES string of the molecule is COc1ccc(NC(=O)CCn2cnc3sccc3c2=O)cc1OC(F)F. The van der Waals surface area contributed by atoms with Gasteiger partial charge in [-0.15, -0.1) is 11.3 Å². The number of aromatic nitrogens is 2. The number of nitrogens with one attached hydrogen (secondary N) is 1. The highest BCUT2D eigenvalue weighted by molar-refractivity contribution is 7.16. The minimum Gasteiger partial charge on any atom is -0.493 e. The van der Waals surface area contributed by atoms with E-state index in [1.165, 1.54) is 47.5 Å². The molecular weight excluding hydrogens is 380 g/mol. The van der Waals surface area contributed by atoms with Crippen LogP contribution in [0.15, 0.2) is 40.8 Å². The molecule has 1 amide bonds. The van der Waals surface area contributed by atoms with E-state index in [0.717, 1.165) is 0 Å². The second kappa shape index (κ2) is 8.12. The van der Waals surface area contributed by atoms with Crippen molar-refractivity contribution in [2.45, 2.75) is 19.6 Å². The standard InChI is InChI=1S/C17H15F2N3O4S/c1-25-12-3-2-10(8-13(12)26-17(18)19)21-14(23)4-6-22-9-20-15-11(16(22)24)5-7-27-15/h2-3,5,7-9,17H,4,6H2,1H3,(H,21,23). The molecule has 0 bridgehead atoms. The fraction of sp³-hybridized carbons (Fsp3) is 0.235. The van der Waals surface area contributed by atoms with Crippen LogP contribution in [0.5, 0.6) is 11.5 Å². The number of alkyl halides is 2. The predicted molar refractivity (Wildman–Crippen MR) is 96.8 cm³/mol. The molecule has 0 spiro atoms. The van der Waals surface area contributed by atoms with Crippen LogP contribution < -0.4 is 20.3 Å². The minimum absolute atomic E-state index is 0.00823. The number of carbonyl (C=O) groups is 1. The first kappa shape index (κ1) is 18.8. The van der Waals surface area contributed by atoms with Crippen molar-refractivity contribution < 1.29 is 23.0 Å². The Morgan fingerprint density at radius 2 is 2.15 bits per heavy atom. The van der Waals surface area contributed by atoms with E-state index < -0.39 is 6.61 Å². The van der Waals surface area contributed by atoms with Gasteiger partial charge in [-0.1, -0.05) is 0 Å². The average Bonchev–Trinajstić information content (AvgIpc) is 3.10. The van der Waals surface area contributed by atoms with Crippen LogP contribution in [0.25, 0.3) is 10.2 Å². The van der Waals surface area contributed by atoms with Gasteiger partial charge >= 0.3 is 6.61 Å². The Labute approximate surface area is 156 Å². The number of fused-ring (bicyclic) bond motifs is 1. The second-order valence-corrected chi connectivity index (χ2v) is 6.32. The number of nitrogens with zero attached hydrogens (tertiary/aromatic N) is 2. The lowest BCUT2D eigenvalue weighted by Crippen LogP contribution is -2.23. The summed E-state index contributed by atoms with van der Waals surface area (Å²) >= 11 is 1.37. The summed E-state index contributed by atoms with van der Waals surface area (Å²) in [5.41, 5.74) is 0.0568. The lowest BCUT2D eigenvalue weighted by atomic mass is 10.2. The number of ether oxygens (including phenoxy) is 2. The largest absolute Gasteiger partial charge is 0.493 e.